The van der Waals surface area contributed by atoms with Gasteiger partial charge >= 0.3 is 6.36 Å². The number of rotatable bonds is 9. The number of sulfonamides is 1. The Kier molecular flexibility index (Phi) is 8.02. The smallest absolute Gasteiger partial charge is 0.495 e. The third kappa shape index (κ3) is 7.83. The average molecular weight is 481 g/mol. The highest BCUT2D eigenvalue weighted by atomic mass is 35.5. The van der Waals surface area contributed by atoms with Crippen LogP contribution in [-0.2, 0) is 14.8 Å². The molecule has 0 unspecified atom stereocenters. The Morgan fingerprint density at radius 1 is 1.16 bits per heavy atom. The van der Waals surface area contributed by atoms with E-state index in [0.717, 1.165) is 22.7 Å². The van der Waals surface area contributed by atoms with Crippen LogP contribution in [0, 0.1) is 0 Å². The largest absolute Gasteiger partial charge is 0.573 e. The second-order valence-corrected chi connectivity index (χ2v) is 8.69. The van der Waals surface area contributed by atoms with Crippen LogP contribution in [0.4, 0.5) is 24.5 Å². The third-order valence-electron chi connectivity index (χ3n) is 3.96. The van der Waals surface area contributed by atoms with E-state index < -0.39 is 28.0 Å². The molecule has 1 amide bonds. The zero-order chi connectivity index (χ0) is 23.2. The van der Waals surface area contributed by atoms with Crippen molar-refractivity contribution in [1.29, 1.82) is 0 Å². The Balaban J connectivity index is 1.95. The van der Waals surface area contributed by atoms with Crippen molar-refractivity contribution in [3.05, 3.63) is 47.5 Å². The summed E-state index contributed by atoms with van der Waals surface area (Å²) in [6.07, 6.45) is -3.59. The summed E-state index contributed by atoms with van der Waals surface area (Å²) in [4.78, 5) is 12.1. The van der Waals surface area contributed by atoms with Crippen LogP contribution in [-0.4, -0.2) is 40.6 Å². The summed E-state index contributed by atoms with van der Waals surface area (Å²) in [5, 5.41) is 2.77. The van der Waals surface area contributed by atoms with E-state index in [0.29, 0.717) is 11.4 Å². The number of nitrogens with one attached hydrogen (secondary N) is 1. The first-order valence-electron chi connectivity index (χ1n) is 8.86. The van der Waals surface area contributed by atoms with Crippen molar-refractivity contribution in [2.24, 2.45) is 0 Å². The topological polar surface area (TPSA) is 84.9 Å². The number of hydrogen-bond acceptors (Lipinski definition) is 5. The zero-order valence-corrected chi connectivity index (χ0v) is 18.1. The molecular formula is C19H20ClF3N2O5S. The molecule has 0 radical (unpaired) electrons. The van der Waals surface area contributed by atoms with Gasteiger partial charge in [-0.05, 0) is 48.9 Å². The minimum absolute atomic E-state index is 0.0172. The highest BCUT2D eigenvalue weighted by molar-refractivity contribution is 7.92. The van der Waals surface area contributed by atoms with E-state index in [2.05, 4.69) is 10.1 Å². The summed E-state index contributed by atoms with van der Waals surface area (Å²) in [5.74, 6) is -0.442. The minimum atomic E-state index is -4.80. The van der Waals surface area contributed by atoms with Gasteiger partial charge < -0.3 is 14.8 Å². The van der Waals surface area contributed by atoms with Crippen LogP contribution in [0.15, 0.2) is 42.5 Å². The predicted molar refractivity (Wildman–Crippen MR) is 111 cm³/mol. The van der Waals surface area contributed by atoms with Crippen LogP contribution in [0.2, 0.25) is 5.02 Å². The van der Waals surface area contributed by atoms with Gasteiger partial charge in [0.2, 0.25) is 15.9 Å². The molecule has 0 aromatic heterocycles. The molecule has 31 heavy (non-hydrogen) atoms. The van der Waals surface area contributed by atoms with Crippen molar-refractivity contribution in [3.63, 3.8) is 0 Å². The van der Waals surface area contributed by atoms with Gasteiger partial charge in [-0.1, -0.05) is 11.6 Å². The zero-order valence-electron chi connectivity index (χ0n) is 16.6. The van der Waals surface area contributed by atoms with E-state index >= 15 is 0 Å². The fraction of sp³-hybridized carbons (Fsp3) is 0.316. The van der Waals surface area contributed by atoms with E-state index in [1.807, 2.05) is 0 Å². The standard InChI is InChI=1S/C19H20ClF3N2O5S/c1-29-17-10-7-14(12-16(17)20)25(31(2,27)28)11-3-4-18(26)24-13-5-8-15(9-6-13)30-19(21,22)23/h5-10,12H,3-4,11H2,1-2H3,(H,24,26). The summed E-state index contributed by atoms with van der Waals surface area (Å²) in [6.45, 7) is 0.0211. The van der Waals surface area contributed by atoms with Crippen molar-refractivity contribution in [2.45, 2.75) is 19.2 Å². The summed E-state index contributed by atoms with van der Waals surface area (Å²) < 4.78 is 70.7. The lowest BCUT2D eigenvalue weighted by atomic mass is 10.2. The van der Waals surface area contributed by atoms with E-state index in [1.165, 1.54) is 37.4 Å². The van der Waals surface area contributed by atoms with Gasteiger partial charge in [0.15, 0.2) is 0 Å². The fourth-order valence-corrected chi connectivity index (χ4v) is 3.85. The first-order valence-corrected chi connectivity index (χ1v) is 11.1. The van der Waals surface area contributed by atoms with Gasteiger partial charge in [-0.15, -0.1) is 13.2 Å². The molecule has 0 heterocycles. The Labute approximate surface area is 182 Å². The molecule has 2 aromatic rings. The summed E-state index contributed by atoms with van der Waals surface area (Å²) >= 11 is 6.06. The molecule has 12 heteroatoms. The van der Waals surface area contributed by atoms with Crippen LogP contribution in [0.3, 0.4) is 0 Å². The van der Waals surface area contributed by atoms with Gasteiger partial charge in [-0.25, -0.2) is 8.42 Å². The molecular weight excluding hydrogens is 461 g/mol. The molecule has 0 atom stereocenters. The maximum absolute atomic E-state index is 12.2. The second-order valence-electron chi connectivity index (χ2n) is 6.38. The van der Waals surface area contributed by atoms with E-state index in [1.54, 1.807) is 0 Å². The molecule has 0 saturated heterocycles. The molecule has 170 valence electrons. The third-order valence-corrected chi connectivity index (χ3v) is 5.45. The Hall–Kier alpha value is -2.66. The van der Waals surface area contributed by atoms with Crippen LogP contribution in [0.1, 0.15) is 12.8 Å². The molecule has 0 aliphatic carbocycles. The second kappa shape index (κ2) is 10.1. The molecule has 0 saturated carbocycles. The number of methoxy groups -OCH3 is 1. The number of carbonyl (C=O) groups is 1. The van der Waals surface area contributed by atoms with Crippen molar-refractivity contribution in [2.75, 3.05) is 29.5 Å². The number of amides is 1. The number of nitrogens with zero attached hydrogens (tertiary/aromatic N) is 1. The molecule has 0 aliphatic heterocycles. The lowest BCUT2D eigenvalue weighted by Gasteiger charge is -2.23. The molecule has 1 N–H and O–H groups in total. The molecule has 0 bridgehead atoms. The molecule has 0 spiro atoms. The SMILES string of the molecule is COc1ccc(N(CCCC(=O)Nc2ccc(OC(F)(F)F)cc2)S(C)(=O)=O)cc1Cl. The highest BCUT2D eigenvalue weighted by Crippen LogP contribution is 2.30. The number of hydrogen-bond donors (Lipinski definition) is 1. The number of alkyl halides is 3. The van der Waals surface area contributed by atoms with Crippen molar-refractivity contribution >= 4 is 38.9 Å². The van der Waals surface area contributed by atoms with Crippen molar-refractivity contribution in [1.82, 2.24) is 0 Å². The van der Waals surface area contributed by atoms with Crippen molar-refractivity contribution in [3.8, 4) is 11.5 Å². The minimum Gasteiger partial charge on any atom is -0.495 e. The Morgan fingerprint density at radius 3 is 2.32 bits per heavy atom. The molecule has 0 fully saturated rings. The Bertz CT molecular complexity index is 1010. The lowest BCUT2D eigenvalue weighted by molar-refractivity contribution is -0.274. The lowest BCUT2D eigenvalue weighted by Crippen LogP contribution is -2.31. The number of carbonyl (C=O) groups excluding carboxylic acids is 1. The molecule has 0 aliphatic rings. The van der Waals surface area contributed by atoms with E-state index in [-0.39, 0.29) is 30.1 Å². The van der Waals surface area contributed by atoms with Crippen LogP contribution >= 0.6 is 11.6 Å². The van der Waals surface area contributed by atoms with Gasteiger partial charge in [-0.3, -0.25) is 9.10 Å². The maximum Gasteiger partial charge on any atom is 0.573 e. The monoisotopic (exact) mass is 480 g/mol. The van der Waals surface area contributed by atoms with Crippen LogP contribution in [0.5, 0.6) is 11.5 Å². The van der Waals surface area contributed by atoms with Crippen LogP contribution in [0.25, 0.3) is 0 Å². The predicted octanol–water partition coefficient (Wildman–Crippen LogP) is 4.43. The van der Waals surface area contributed by atoms with Gasteiger partial charge in [0.25, 0.3) is 0 Å². The number of halogens is 4. The fourth-order valence-electron chi connectivity index (χ4n) is 2.64. The summed E-state index contributed by atoms with van der Waals surface area (Å²) in [7, 11) is -2.20. The number of benzene rings is 2. The quantitative estimate of drug-likeness (QED) is 0.574. The maximum atomic E-state index is 12.2. The molecule has 7 nitrogen and oxygen atoms in total. The normalized spacial score (nSPS) is 11.7. The van der Waals surface area contributed by atoms with Gasteiger partial charge in [0.1, 0.15) is 11.5 Å². The van der Waals surface area contributed by atoms with E-state index in [9.17, 15) is 26.4 Å². The summed E-state index contributed by atoms with van der Waals surface area (Å²) in [5.41, 5.74) is 0.607. The van der Waals surface area contributed by atoms with Crippen molar-refractivity contribution < 1.29 is 35.9 Å². The Morgan fingerprint density at radius 2 is 1.81 bits per heavy atom. The first-order chi connectivity index (χ1) is 14.4. The number of anilines is 2. The first kappa shape index (κ1) is 24.6. The molecule has 2 rings (SSSR count). The molecule has 2 aromatic carbocycles. The summed E-state index contributed by atoms with van der Waals surface area (Å²) in [6, 6.07) is 9.20. The average Bonchev–Trinajstić information content (AvgIpc) is 2.64. The van der Waals surface area contributed by atoms with E-state index in [4.69, 9.17) is 16.3 Å². The van der Waals surface area contributed by atoms with Gasteiger partial charge in [-0.2, -0.15) is 0 Å². The number of ether oxygens (including phenoxy) is 2. The van der Waals surface area contributed by atoms with Crippen LogP contribution < -0.4 is 19.1 Å². The van der Waals surface area contributed by atoms with Gasteiger partial charge in [0, 0.05) is 18.7 Å². The van der Waals surface area contributed by atoms with Gasteiger partial charge in [0.05, 0.1) is 24.1 Å². The highest BCUT2D eigenvalue weighted by Gasteiger charge is 2.31.